The number of aryl methyl sites for hydroxylation is 1. The number of nitrogens with zero attached hydrogens (tertiary/aromatic N) is 1. The van der Waals surface area contributed by atoms with Crippen molar-refractivity contribution in [2.75, 3.05) is 32.8 Å². The highest BCUT2D eigenvalue weighted by Gasteiger charge is 2.50. The topological polar surface area (TPSA) is 52.6 Å². The molecule has 184 valence electrons. The van der Waals surface area contributed by atoms with Gasteiger partial charge in [0, 0.05) is 13.1 Å². The predicted octanol–water partition coefficient (Wildman–Crippen LogP) is 5.70. The van der Waals surface area contributed by atoms with Gasteiger partial charge in [0.1, 0.15) is 0 Å². The van der Waals surface area contributed by atoms with Crippen molar-refractivity contribution < 1.29 is 9.90 Å². The van der Waals surface area contributed by atoms with Crippen molar-refractivity contribution in [3.63, 3.8) is 0 Å². The molecule has 0 radical (unpaired) electrons. The first-order valence-corrected chi connectivity index (χ1v) is 13.8. The first kappa shape index (κ1) is 25.0. The Balaban J connectivity index is 1.29. The lowest BCUT2D eigenvalue weighted by Crippen LogP contribution is -2.51. The molecule has 0 aliphatic heterocycles. The molecule has 1 aromatic rings. The van der Waals surface area contributed by atoms with Crippen LogP contribution in [0.15, 0.2) is 18.2 Å². The SMILES string of the molecule is CCCCCN(CCO)CCCc1ccc(Cl)c(C(=O)NCC23CC4CC(CC(C4)C2)C3)c1. The van der Waals surface area contributed by atoms with Crippen LogP contribution in [0.4, 0.5) is 0 Å². The van der Waals surface area contributed by atoms with Gasteiger partial charge in [-0.05, 0) is 112 Å². The third-order valence-corrected chi connectivity index (χ3v) is 8.83. The first-order valence-electron chi connectivity index (χ1n) is 13.4. The third kappa shape index (κ3) is 6.52. The lowest BCUT2D eigenvalue weighted by atomic mass is 9.49. The number of halogens is 1. The van der Waals surface area contributed by atoms with Crippen LogP contribution in [-0.2, 0) is 6.42 Å². The number of benzene rings is 1. The van der Waals surface area contributed by atoms with Crippen molar-refractivity contribution in [2.24, 2.45) is 23.2 Å². The van der Waals surface area contributed by atoms with E-state index in [4.69, 9.17) is 11.6 Å². The number of unbranched alkanes of at least 4 members (excludes halogenated alkanes) is 2. The van der Waals surface area contributed by atoms with Crippen molar-refractivity contribution in [1.29, 1.82) is 0 Å². The maximum absolute atomic E-state index is 13.1. The Labute approximate surface area is 205 Å². The normalized spacial score (nSPS) is 27.9. The van der Waals surface area contributed by atoms with Gasteiger partial charge in [-0.3, -0.25) is 4.79 Å². The second-order valence-electron chi connectivity index (χ2n) is 11.3. The van der Waals surface area contributed by atoms with E-state index in [1.807, 2.05) is 18.2 Å². The lowest BCUT2D eigenvalue weighted by Gasteiger charge is -2.56. The second-order valence-corrected chi connectivity index (χ2v) is 11.7. The molecule has 0 aromatic heterocycles. The molecule has 5 rings (SSSR count). The number of aliphatic hydroxyl groups is 1. The number of hydrogen-bond acceptors (Lipinski definition) is 3. The molecule has 1 aromatic carbocycles. The number of carbonyl (C=O) groups excluding carboxylic acids is 1. The van der Waals surface area contributed by atoms with E-state index in [1.54, 1.807) is 0 Å². The Kier molecular flexibility index (Phi) is 8.75. The molecule has 0 atom stereocenters. The van der Waals surface area contributed by atoms with Crippen LogP contribution < -0.4 is 5.32 Å². The predicted molar refractivity (Wildman–Crippen MR) is 136 cm³/mol. The monoisotopic (exact) mass is 474 g/mol. The van der Waals surface area contributed by atoms with E-state index in [1.165, 1.54) is 57.8 Å². The van der Waals surface area contributed by atoms with E-state index in [0.29, 0.717) is 16.0 Å². The lowest BCUT2D eigenvalue weighted by molar-refractivity contribution is -0.0503. The first-order chi connectivity index (χ1) is 16.0. The second kappa shape index (κ2) is 11.6. The van der Waals surface area contributed by atoms with Crippen LogP contribution in [0.5, 0.6) is 0 Å². The number of hydrogen-bond donors (Lipinski definition) is 2. The van der Waals surface area contributed by atoms with Crippen molar-refractivity contribution in [3.8, 4) is 0 Å². The number of aliphatic hydroxyl groups excluding tert-OH is 1. The van der Waals surface area contributed by atoms with Gasteiger partial charge < -0.3 is 15.3 Å². The van der Waals surface area contributed by atoms with Crippen molar-refractivity contribution >= 4 is 17.5 Å². The maximum Gasteiger partial charge on any atom is 0.252 e. The van der Waals surface area contributed by atoms with Crippen LogP contribution in [-0.4, -0.2) is 48.7 Å². The Bertz CT molecular complexity index is 761. The quantitative estimate of drug-likeness (QED) is 0.360. The van der Waals surface area contributed by atoms with E-state index >= 15 is 0 Å². The number of amides is 1. The molecule has 4 aliphatic carbocycles. The minimum Gasteiger partial charge on any atom is -0.395 e. The van der Waals surface area contributed by atoms with E-state index in [-0.39, 0.29) is 12.5 Å². The summed E-state index contributed by atoms with van der Waals surface area (Å²) in [4.78, 5) is 15.4. The van der Waals surface area contributed by atoms with E-state index in [9.17, 15) is 9.90 Å². The van der Waals surface area contributed by atoms with Gasteiger partial charge in [-0.25, -0.2) is 0 Å². The molecule has 33 heavy (non-hydrogen) atoms. The van der Waals surface area contributed by atoms with E-state index < -0.39 is 0 Å². The fourth-order valence-corrected chi connectivity index (χ4v) is 7.54. The molecule has 0 spiro atoms. The van der Waals surface area contributed by atoms with Crippen molar-refractivity contribution in [3.05, 3.63) is 34.3 Å². The Morgan fingerprint density at radius 2 is 1.73 bits per heavy atom. The minimum atomic E-state index is -0.0148. The summed E-state index contributed by atoms with van der Waals surface area (Å²) >= 11 is 6.45. The van der Waals surface area contributed by atoms with Gasteiger partial charge in [0.25, 0.3) is 5.91 Å². The summed E-state index contributed by atoms with van der Waals surface area (Å²) in [5.41, 5.74) is 2.12. The molecule has 4 fully saturated rings. The largest absolute Gasteiger partial charge is 0.395 e. The number of carbonyl (C=O) groups is 1. The Morgan fingerprint density at radius 3 is 2.36 bits per heavy atom. The Morgan fingerprint density at radius 1 is 1.06 bits per heavy atom. The molecule has 0 unspecified atom stereocenters. The summed E-state index contributed by atoms with van der Waals surface area (Å²) in [6.45, 7) is 5.99. The fraction of sp³-hybridized carbons (Fsp3) is 0.750. The summed E-state index contributed by atoms with van der Waals surface area (Å²) in [6.07, 6.45) is 13.8. The molecule has 4 saturated carbocycles. The molecule has 0 heterocycles. The van der Waals surface area contributed by atoms with Gasteiger partial charge in [0.05, 0.1) is 17.2 Å². The number of nitrogens with one attached hydrogen (secondary N) is 1. The molecule has 0 saturated heterocycles. The fourth-order valence-electron chi connectivity index (χ4n) is 7.34. The average Bonchev–Trinajstić information content (AvgIpc) is 2.78. The molecule has 1 amide bonds. The van der Waals surface area contributed by atoms with Gasteiger partial charge in [0.2, 0.25) is 0 Å². The summed E-state index contributed by atoms with van der Waals surface area (Å²) in [6, 6.07) is 5.92. The van der Waals surface area contributed by atoms with Gasteiger partial charge in [-0.2, -0.15) is 0 Å². The van der Waals surface area contributed by atoms with E-state index in [0.717, 1.165) is 62.3 Å². The number of rotatable bonds is 13. The maximum atomic E-state index is 13.1. The summed E-state index contributed by atoms with van der Waals surface area (Å²) in [5, 5.41) is 13.2. The highest BCUT2D eigenvalue weighted by atomic mass is 35.5. The highest BCUT2D eigenvalue weighted by Crippen LogP contribution is 2.59. The smallest absolute Gasteiger partial charge is 0.252 e. The van der Waals surface area contributed by atoms with Crippen LogP contribution in [0.25, 0.3) is 0 Å². The van der Waals surface area contributed by atoms with Crippen LogP contribution in [0.2, 0.25) is 5.02 Å². The van der Waals surface area contributed by atoms with Crippen LogP contribution in [0.3, 0.4) is 0 Å². The molecule has 4 bridgehead atoms. The summed E-state index contributed by atoms with van der Waals surface area (Å²) < 4.78 is 0. The molecular weight excluding hydrogens is 432 g/mol. The minimum absolute atomic E-state index is 0.0148. The highest BCUT2D eigenvalue weighted by molar-refractivity contribution is 6.33. The zero-order valence-electron chi connectivity index (χ0n) is 20.5. The standard InChI is InChI=1S/C28H43ClN2O2/c1-2-3-4-9-31(11-12-32)10-5-6-21-7-8-26(29)25(16-21)27(33)30-20-28-17-22-13-23(18-28)15-24(14-22)19-28/h7-8,16,22-24,32H,2-6,9-15,17-20H2,1H3,(H,30,33). The van der Waals surface area contributed by atoms with E-state index in [2.05, 4.69) is 17.1 Å². The molecular formula is C28H43ClN2O2. The van der Waals surface area contributed by atoms with Gasteiger partial charge in [0.15, 0.2) is 0 Å². The zero-order valence-corrected chi connectivity index (χ0v) is 21.2. The van der Waals surface area contributed by atoms with Gasteiger partial charge in [-0.15, -0.1) is 0 Å². The molecule has 5 heteroatoms. The molecule has 4 aliphatic rings. The Hall–Kier alpha value is -1.10. The van der Waals surface area contributed by atoms with Gasteiger partial charge in [-0.1, -0.05) is 37.4 Å². The summed E-state index contributed by atoms with van der Waals surface area (Å²) in [5.74, 6) is 2.67. The molecule has 2 N–H and O–H groups in total. The van der Waals surface area contributed by atoms with Crippen molar-refractivity contribution in [1.82, 2.24) is 10.2 Å². The average molecular weight is 475 g/mol. The van der Waals surface area contributed by atoms with Crippen LogP contribution in [0.1, 0.15) is 87.1 Å². The van der Waals surface area contributed by atoms with Gasteiger partial charge >= 0.3 is 0 Å². The third-order valence-electron chi connectivity index (χ3n) is 8.50. The molecule has 4 nitrogen and oxygen atoms in total. The zero-order chi connectivity index (χ0) is 23.3. The van der Waals surface area contributed by atoms with Crippen molar-refractivity contribution in [2.45, 2.75) is 77.6 Å². The summed E-state index contributed by atoms with van der Waals surface area (Å²) in [7, 11) is 0. The van der Waals surface area contributed by atoms with Crippen LogP contribution in [0, 0.1) is 23.2 Å². The van der Waals surface area contributed by atoms with Crippen LogP contribution >= 0.6 is 11.6 Å².